The van der Waals surface area contributed by atoms with Gasteiger partial charge in [0, 0.05) is 24.8 Å². The molecule has 2 aromatic rings. The lowest BCUT2D eigenvalue weighted by Crippen LogP contribution is -2.33. The molecule has 1 aromatic heterocycles. The van der Waals surface area contributed by atoms with E-state index in [0.29, 0.717) is 13.2 Å². The van der Waals surface area contributed by atoms with Crippen LogP contribution in [0.1, 0.15) is 29.5 Å². The summed E-state index contributed by atoms with van der Waals surface area (Å²) in [5.74, 6) is -0.127. The fourth-order valence-corrected chi connectivity index (χ4v) is 3.14. The molecule has 1 saturated heterocycles. The molecule has 1 aliphatic heterocycles. The van der Waals surface area contributed by atoms with Crippen LogP contribution in [0.15, 0.2) is 30.3 Å². The first-order valence-corrected chi connectivity index (χ1v) is 8.18. The molecule has 1 fully saturated rings. The predicted octanol–water partition coefficient (Wildman–Crippen LogP) is 2.53. The number of nitrogens with one attached hydrogen (secondary N) is 1. The zero-order chi connectivity index (χ0) is 17.1. The zero-order valence-electron chi connectivity index (χ0n) is 14.0. The summed E-state index contributed by atoms with van der Waals surface area (Å²) in [6.07, 6.45) is 0.780. The summed E-state index contributed by atoms with van der Waals surface area (Å²) >= 11 is 0. The standard InChI is InChI=1S/C18H22FN3O2/c1-12-9-13(2)22(21-12)11-17(23)20-10-15-7-8-24-18(15)14-3-5-16(19)6-4-14/h3-6,9,15,18H,7-8,10-11H2,1-2H3,(H,20,23)/t15-,18-/m0/s1. The summed E-state index contributed by atoms with van der Waals surface area (Å²) in [4.78, 5) is 12.2. The van der Waals surface area contributed by atoms with E-state index in [-0.39, 0.29) is 30.3 Å². The number of hydrogen-bond acceptors (Lipinski definition) is 3. The molecule has 0 radical (unpaired) electrons. The van der Waals surface area contributed by atoms with E-state index in [2.05, 4.69) is 10.4 Å². The molecule has 0 bridgehead atoms. The molecule has 128 valence electrons. The van der Waals surface area contributed by atoms with E-state index >= 15 is 0 Å². The molecule has 5 nitrogen and oxygen atoms in total. The van der Waals surface area contributed by atoms with Gasteiger partial charge >= 0.3 is 0 Å². The molecule has 24 heavy (non-hydrogen) atoms. The monoisotopic (exact) mass is 331 g/mol. The Morgan fingerprint density at radius 2 is 2.12 bits per heavy atom. The number of aromatic nitrogens is 2. The summed E-state index contributed by atoms with van der Waals surface area (Å²) in [6, 6.07) is 8.32. The Hall–Kier alpha value is -2.21. The smallest absolute Gasteiger partial charge is 0.241 e. The molecule has 6 heteroatoms. The summed E-state index contributed by atoms with van der Waals surface area (Å²) < 4.78 is 20.5. The first-order valence-electron chi connectivity index (χ1n) is 8.18. The van der Waals surface area contributed by atoms with E-state index in [4.69, 9.17) is 4.74 Å². The van der Waals surface area contributed by atoms with Crippen molar-refractivity contribution in [3.05, 3.63) is 53.1 Å². The number of rotatable bonds is 5. The van der Waals surface area contributed by atoms with Crippen molar-refractivity contribution in [1.82, 2.24) is 15.1 Å². The van der Waals surface area contributed by atoms with Crippen LogP contribution in [-0.4, -0.2) is 28.8 Å². The van der Waals surface area contributed by atoms with Crippen LogP contribution in [0, 0.1) is 25.6 Å². The second kappa shape index (κ2) is 7.13. The number of aryl methyl sites for hydroxylation is 2. The van der Waals surface area contributed by atoms with Crippen molar-refractivity contribution in [3.63, 3.8) is 0 Å². The number of nitrogens with zero attached hydrogens (tertiary/aromatic N) is 2. The summed E-state index contributed by atoms with van der Waals surface area (Å²) in [5, 5.41) is 7.26. The quantitative estimate of drug-likeness (QED) is 0.916. The largest absolute Gasteiger partial charge is 0.373 e. The topological polar surface area (TPSA) is 56.2 Å². The first kappa shape index (κ1) is 16.6. The van der Waals surface area contributed by atoms with Crippen molar-refractivity contribution < 1.29 is 13.9 Å². The number of amides is 1. The first-order chi connectivity index (χ1) is 11.5. The minimum absolute atomic E-state index is 0.0639. The van der Waals surface area contributed by atoms with Crippen LogP contribution in [0.5, 0.6) is 0 Å². The van der Waals surface area contributed by atoms with E-state index in [1.807, 2.05) is 19.9 Å². The molecule has 1 aliphatic rings. The van der Waals surface area contributed by atoms with Gasteiger partial charge in [-0.25, -0.2) is 4.39 Å². The van der Waals surface area contributed by atoms with E-state index in [1.165, 1.54) is 12.1 Å². The number of carbonyl (C=O) groups is 1. The van der Waals surface area contributed by atoms with Gasteiger partial charge in [0.05, 0.1) is 11.8 Å². The van der Waals surface area contributed by atoms with Gasteiger partial charge in [-0.1, -0.05) is 12.1 Å². The van der Waals surface area contributed by atoms with Gasteiger partial charge in [0.1, 0.15) is 12.4 Å². The molecule has 1 N–H and O–H groups in total. The number of carbonyl (C=O) groups excluding carboxylic acids is 1. The lowest BCUT2D eigenvalue weighted by Gasteiger charge is -2.19. The predicted molar refractivity (Wildman–Crippen MR) is 87.9 cm³/mol. The Morgan fingerprint density at radius 1 is 1.38 bits per heavy atom. The highest BCUT2D eigenvalue weighted by Gasteiger charge is 2.29. The lowest BCUT2D eigenvalue weighted by atomic mass is 9.95. The van der Waals surface area contributed by atoms with Crippen molar-refractivity contribution >= 4 is 5.91 Å². The van der Waals surface area contributed by atoms with Crippen LogP contribution in [0.4, 0.5) is 4.39 Å². The minimum atomic E-state index is -0.258. The SMILES string of the molecule is Cc1cc(C)n(CC(=O)NC[C@@H]2CCO[C@H]2c2ccc(F)cc2)n1. The Labute approximate surface area is 140 Å². The molecule has 2 heterocycles. The van der Waals surface area contributed by atoms with Crippen LogP contribution in [0.3, 0.4) is 0 Å². The van der Waals surface area contributed by atoms with E-state index in [1.54, 1.807) is 16.8 Å². The normalized spacial score (nSPS) is 20.3. The molecule has 2 atom stereocenters. The van der Waals surface area contributed by atoms with Gasteiger partial charge in [-0.3, -0.25) is 9.48 Å². The minimum Gasteiger partial charge on any atom is -0.373 e. The van der Waals surface area contributed by atoms with Crippen LogP contribution >= 0.6 is 0 Å². The second-order valence-electron chi connectivity index (χ2n) is 6.28. The van der Waals surface area contributed by atoms with Gasteiger partial charge < -0.3 is 10.1 Å². The molecule has 0 spiro atoms. The van der Waals surface area contributed by atoms with Crippen LogP contribution in [-0.2, 0) is 16.1 Å². The van der Waals surface area contributed by atoms with Gasteiger partial charge in [-0.05, 0) is 44.0 Å². The highest BCUT2D eigenvalue weighted by molar-refractivity contribution is 5.75. The van der Waals surface area contributed by atoms with Crippen molar-refractivity contribution in [2.24, 2.45) is 5.92 Å². The fraction of sp³-hybridized carbons (Fsp3) is 0.444. The molecular formula is C18H22FN3O2. The molecule has 1 amide bonds. The molecule has 0 unspecified atom stereocenters. The highest BCUT2D eigenvalue weighted by atomic mass is 19.1. The van der Waals surface area contributed by atoms with Crippen molar-refractivity contribution in [2.75, 3.05) is 13.2 Å². The van der Waals surface area contributed by atoms with E-state index < -0.39 is 0 Å². The maximum atomic E-state index is 13.1. The maximum absolute atomic E-state index is 13.1. The fourth-order valence-electron chi connectivity index (χ4n) is 3.14. The average Bonchev–Trinajstić information content (AvgIpc) is 3.13. The molecule has 0 saturated carbocycles. The molecule has 1 aromatic carbocycles. The molecular weight excluding hydrogens is 309 g/mol. The Bertz CT molecular complexity index is 712. The van der Waals surface area contributed by atoms with Gasteiger partial charge in [0.15, 0.2) is 0 Å². The Morgan fingerprint density at radius 3 is 2.79 bits per heavy atom. The van der Waals surface area contributed by atoms with Crippen LogP contribution in [0.25, 0.3) is 0 Å². The zero-order valence-corrected chi connectivity index (χ0v) is 14.0. The van der Waals surface area contributed by atoms with Crippen LogP contribution < -0.4 is 5.32 Å². The van der Waals surface area contributed by atoms with Gasteiger partial charge in [-0.2, -0.15) is 5.10 Å². The third-order valence-electron chi connectivity index (χ3n) is 4.37. The Kier molecular flexibility index (Phi) is 4.94. The summed E-state index contributed by atoms with van der Waals surface area (Å²) in [5.41, 5.74) is 2.82. The van der Waals surface area contributed by atoms with Crippen molar-refractivity contribution in [2.45, 2.75) is 32.9 Å². The maximum Gasteiger partial charge on any atom is 0.241 e. The van der Waals surface area contributed by atoms with E-state index in [9.17, 15) is 9.18 Å². The average molecular weight is 331 g/mol. The van der Waals surface area contributed by atoms with Crippen molar-refractivity contribution in [3.8, 4) is 0 Å². The van der Waals surface area contributed by atoms with Gasteiger partial charge in [0.2, 0.25) is 5.91 Å². The van der Waals surface area contributed by atoms with Gasteiger partial charge in [-0.15, -0.1) is 0 Å². The number of benzene rings is 1. The lowest BCUT2D eigenvalue weighted by molar-refractivity contribution is -0.122. The number of hydrogen-bond donors (Lipinski definition) is 1. The third kappa shape index (κ3) is 3.82. The van der Waals surface area contributed by atoms with Crippen LogP contribution in [0.2, 0.25) is 0 Å². The summed E-state index contributed by atoms with van der Waals surface area (Å²) in [7, 11) is 0. The van der Waals surface area contributed by atoms with E-state index in [0.717, 1.165) is 23.4 Å². The van der Waals surface area contributed by atoms with Crippen molar-refractivity contribution in [1.29, 1.82) is 0 Å². The number of halogens is 1. The third-order valence-corrected chi connectivity index (χ3v) is 4.37. The summed E-state index contributed by atoms with van der Waals surface area (Å²) in [6.45, 7) is 5.25. The molecule has 0 aliphatic carbocycles. The second-order valence-corrected chi connectivity index (χ2v) is 6.28. The number of ether oxygens (including phenoxy) is 1. The Balaban J connectivity index is 1.56. The molecule has 3 rings (SSSR count). The van der Waals surface area contributed by atoms with Gasteiger partial charge in [0.25, 0.3) is 0 Å². The highest BCUT2D eigenvalue weighted by Crippen LogP contribution is 2.34.